The average molecular weight is 240 g/mol. The first-order valence-electron chi connectivity index (χ1n) is 6.68. The Bertz CT molecular complexity index is 262. The molecule has 0 saturated carbocycles. The predicted molar refractivity (Wildman–Crippen MR) is 71.9 cm³/mol. The van der Waals surface area contributed by atoms with Gasteiger partial charge >= 0.3 is 0 Å². The quantitative estimate of drug-likeness (QED) is 0.642. The minimum absolute atomic E-state index is 0.0695. The van der Waals surface area contributed by atoms with Gasteiger partial charge in [0.1, 0.15) is 11.6 Å². The van der Waals surface area contributed by atoms with Crippen molar-refractivity contribution in [3.05, 3.63) is 0 Å². The highest BCUT2D eigenvalue weighted by molar-refractivity contribution is 5.83. The molecule has 0 aliphatic heterocycles. The normalized spacial score (nSPS) is 12.2. The summed E-state index contributed by atoms with van der Waals surface area (Å²) in [6, 6.07) is 0. The first-order valence-corrected chi connectivity index (χ1v) is 6.68. The number of hydrogen-bond acceptors (Lipinski definition) is 2. The van der Waals surface area contributed by atoms with Crippen molar-refractivity contribution in [3.8, 4) is 0 Å². The van der Waals surface area contributed by atoms with Crippen molar-refractivity contribution in [2.24, 2.45) is 17.3 Å². The zero-order valence-corrected chi connectivity index (χ0v) is 12.3. The molecular formula is C15H28O2. The van der Waals surface area contributed by atoms with Crippen molar-refractivity contribution in [2.45, 2.75) is 67.2 Å². The van der Waals surface area contributed by atoms with E-state index in [1.165, 1.54) is 0 Å². The molecule has 100 valence electrons. The molecule has 2 heteroatoms. The molecule has 0 atom stereocenters. The van der Waals surface area contributed by atoms with Crippen molar-refractivity contribution in [3.63, 3.8) is 0 Å². The van der Waals surface area contributed by atoms with Crippen molar-refractivity contribution in [1.29, 1.82) is 0 Å². The molecule has 0 fully saturated rings. The molecule has 0 aromatic rings. The van der Waals surface area contributed by atoms with Gasteiger partial charge in [-0.05, 0) is 17.8 Å². The first kappa shape index (κ1) is 16.3. The molecule has 0 heterocycles. The van der Waals surface area contributed by atoms with Gasteiger partial charge in [0.25, 0.3) is 0 Å². The standard InChI is InChI=1S/C15H28O2/c1-11(2)7-8-13(16)9-15(5,6)10-14(17)12(3)4/h11-12H,7-10H2,1-6H3. The summed E-state index contributed by atoms with van der Waals surface area (Å²) in [5, 5.41) is 0. The van der Waals surface area contributed by atoms with Gasteiger partial charge in [-0.2, -0.15) is 0 Å². The van der Waals surface area contributed by atoms with E-state index < -0.39 is 0 Å². The molecule has 0 aromatic carbocycles. The van der Waals surface area contributed by atoms with Gasteiger partial charge in [0.05, 0.1) is 0 Å². The minimum Gasteiger partial charge on any atom is -0.300 e. The molecule has 0 N–H and O–H groups in total. The summed E-state index contributed by atoms with van der Waals surface area (Å²) in [4.78, 5) is 23.5. The lowest BCUT2D eigenvalue weighted by molar-refractivity contribution is -0.125. The van der Waals surface area contributed by atoms with Crippen molar-refractivity contribution >= 4 is 11.6 Å². The third-order valence-electron chi connectivity index (χ3n) is 2.97. The summed E-state index contributed by atoms with van der Waals surface area (Å²) in [5.74, 6) is 1.19. The predicted octanol–water partition coefficient (Wildman–Crippen LogP) is 4.02. The largest absolute Gasteiger partial charge is 0.300 e. The Hall–Kier alpha value is -0.660. The number of carbonyl (C=O) groups excluding carboxylic acids is 2. The lowest BCUT2D eigenvalue weighted by Crippen LogP contribution is -2.23. The summed E-state index contributed by atoms with van der Waals surface area (Å²) in [7, 11) is 0. The summed E-state index contributed by atoms with van der Waals surface area (Å²) >= 11 is 0. The Balaban J connectivity index is 4.15. The highest BCUT2D eigenvalue weighted by Crippen LogP contribution is 2.28. The van der Waals surface area contributed by atoms with Gasteiger partial charge in [-0.25, -0.2) is 0 Å². The smallest absolute Gasteiger partial charge is 0.135 e. The number of rotatable bonds is 8. The van der Waals surface area contributed by atoms with E-state index in [1.807, 2.05) is 27.7 Å². The first-order chi connectivity index (χ1) is 7.64. The van der Waals surface area contributed by atoms with Crippen LogP contribution in [0.4, 0.5) is 0 Å². The van der Waals surface area contributed by atoms with E-state index in [9.17, 15) is 9.59 Å². The van der Waals surface area contributed by atoms with E-state index in [0.717, 1.165) is 6.42 Å². The molecule has 0 rings (SSSR count). The van der Waals surface area contributed by atoms with Crippen LogP contribution < -0.4 is 0 Å². The van der Waals surface area contributed by atoms with Gasteiger partial charge in [0.15, 0.2) is 0 Å². The second kappa shape index (κ2) is 6.93. The van der Waals surface area contributed by atoms with Crippen LogP contribution in [0.3, 0.4) is 0 Å². The molecule has 0 aliphatic rings. The SMILES string of the molecule is CC(C)CCC(=O)CC(C)(C)CC(=O)C(C)C. The highest BCUT2D eigenvalue weighted by Gasteiger charge is 2.26. The summed E-state index contributed by atoms with van der Waals surface area (Å²) < 4.78 is 0. The maximum absolute atomic E-state index is 11.8. The van der Waals surface area contributed by atoms with E-state index in [1.54, 1.807) is 0 Å². The molecule has 17 heavy (non-hydrogen) atoms. The molecule has 2 nitrogen and oxygen atoms in total. The van der Waals surface area contributed by atoms with E-state index in [-0.39, 0.29) is 17.1 Å². The molecule has 0 radical (unpaired) electrons. The lowest BCUT2D eigenvalue weighted by Gasteiger charge is -2.24. The van der Waals surface area contributed by atoms with Crippen LogP contribution in [0.15, 0.2) is 0 Å². The number of hydrogen-bond donors (Lipinski definition) is 0. The Morgan fingerprint density at radius 3 is 1.94 bits per heavy atom. The van der Waals surface area contributed by atoms with Gasteiger partial charge in [-0.3, -0.25) is 9.59 Å². The van der Waals surface area contributed by atoms with Gasteiger partial charge in [0.2, 0.25) is 0 Å². The van der Waals surface area contributed by atoms with Crippen LogP contribution in [0, 0.1) is 17.3 Å². The Kier molecular flexibility index (Phi) is 6.66. The zero-order valence-electron chi connectivity index (χ0n) is 12.3. The van der Waals surface area contributed by atoms with Gasteiger partial charge in [0, 0.05) is 25.2 Å². The molecule has 0 aromatic heterocycles. The van der Waals surface area contributed by atoms with Crippen LogP contribution >= 0.6 is 0 Å². The third-order valence-corrected chi connectivity index (χ3v) is 2.97. The number of carbonyl (C=O) groups is 2. The van der Waals surface area contributed by atoms with Crippen LogP contribution in [0.5, 0.6) is 0 Å². The Morgan fingerprint density at radius 2 is 1.53 bits per heavy atom. The van der Waals surface area contributed by atoms with Crippen molar-refractivity contribution in [1.82, 2.24) is 0 Å². The fourth-order valence-electron chi connectivity index (χ4n) is 1.81. The van der Waals surface area contributed by atoms with Gasteiger partial charge < -0.3 is 0 Å². The lowest BCUT2D eigenvalue weighted by atomic mass is 9.79. The molecule has 0 aliphatic carbocycles. The maximum atomic E-state index is 11.8. The molecule has 0 bridgehead atoms. The zero-order chi connectivity index (χ0) is 13.6. The van der Waals surface area contributed by atoms with Crippen molar-refractivity contribution < 1.29 is 9.59 Å². The van der Waals surface area contributed by atoms with Crippen molar-refractivity contribution in [2.75, 3.05) is 0 Å². The highest BCUT2D eigenvalue weighted by atomic mass is 16.1. The van der Waals surface area contributed by atoms with Crippen LogP contribution in [0.25, 0.3) is 0 Å². The molecule has 0 spiro atoms. The topological polar surface area (TPSA) is 34.1 Å². The second-order valence-electron chi connectivity index (χ2n) is 6.61. The van der Waals surface area contributed by atoms with Crippen LogP contribution in [0.2, 0.25) is 0 Å². The average Bonchev–Trinajstić information content (AvgIpc) is 2.12. The van der Waals surface area contributed by atoms with E-state index in [2.05, 4.69) is 13.8 Å². The maximum Gasteiger partial charge on any atom is 0.135 e. The minimum atomic E-state index is -0.185. The van der Waals surface area contributed by atoms with E-state index >= 15 is 0 Å². The van der Waals surface area contributed by atoms with Gasteiger partial charge in [-0.15, -0.1) is 0 Å². The third kappa shape index (κ3) is 8.12. The van der Waals surface area contributed by atoms with Crippen LogP contribution in [0.1, 0.15) is 67.2 Å². The fourth-order valence-corrected chi connectivity index (χ4v) is 1.81. The Morgan fingerprint density at radius 1 is 1.00 bits per heavy atom. The number of ketones is 2. The summed E-state index contributed by atoms with van der Waals surface area (Å²) in [6.07, 6.45) is 2.64. The monoisotopic (exact) mass is 240 g/mol. The van der Waals surface area contributed by atoms with Gasteiger partial charge in [-0.1, -0.05) is 41.5 Å². The molecular weight excluding hydrogens is 212 g/mol. The van der Waals surface area contributed by atoms with Crippen LogP contribution in [-0.2, 0) is 9.59 Å². The fraction of sp³-hybridized carbons (Fsp3) is 0.867. The second-order valence-corrected chi connectivity index (χ2v) is 6.61. The summed E-state index contributed by atoms with van der Waals surface area (Å²) in [5.41, 5.74) is -0.185. The molecule has 0 unspecified atom stereocenters. The summed E-state index contributed by atoms with van der Waals surface area (Å²) in [6.45, 7) is 12.1. The van der Waals surface area contributed by atoms with E-state index in [4.69, 9.17) is 0 Å². The molecule has 0 amide bonds. The number of Topliss-reactive ketones (excluding diaryl/α,β-unsaturated/α-hetero) is 2. The Labute approximate surface area is 106 Å². The molecule has 0 saturated heterocycles. The van der Waals surface area contributed by atoms with Crippen LogP contribution in [-0.4, -0.2) is 11.6 Å². The van der Waals surface area contributed by atoms with E-state index in [0.29, 0.717) is 31.0 Å².